The van der Waals surface area contributed by atoms with Gasteiger partial charge in [-0.1, -0.05) is 49.6 Å². The van der Waals surface area contributed by atoms with E-state index in [-0.39, 0.29) is 12.1 Å². The Bertz CT molecular complexity index is 1020. The van der Waals surface area contributed by atoms with Gasteiger partial charge in [0.05, 0.1) is 29.1 Å². The average molecular weight is 393 g/mol. The Labute approximate surface area is 169 Å². The average Bonchev–Trinajstić information content (AvgIpc) is 3.15. The zero-order chi connectivity index (χ0) is 20.3. The first-order valence-corrected chi connectivity index (χ1v) is 10.3. The molecule has 3 N–H and O–H groups in total. The van der Waals surface area contributed by atoms with Crippen molar-refractivity contribution in [2.75, 3.05) is 11.9 Å². The molecule has 0 radical (unpaired) electrons. The van der Waals surface area contributed by atoms with Crippen LogP contribution in [0, 0.1) is 0 Å². The zero-order valence-electron chi connectivity index (χ0n) is 16.7. The van der Waals surface area contributed by atoms with Crippen LogP contribution in [-0.2, 0) is 6.54 Å². The second-order valence-electron chi connectivity index (χ2n) is 7.72. The number of aliphatic hydroxyl groups is 1. The van der Waals surface area contributed by atoms with Gasteiger partial charge in [-0.05, 0) is 25.8 Å². The minimum atomic E-state index is -0.864. The summed E-state index contributed by atoms with van der Waals surface area (Å²) in [5.74, 6) is 0.695. The first kappa shape index (κ1) is 19.4. The first-order chi connectivity index (χ1) is 14.1. The van der Waals surface area contributed by atoms with Crippen LogP contribution >= 0.6 is 0 Å². The van der Waals surface area contributed by atoms with Crippen LogP contribution in [0.5, 0.6) is 0 Å². The van der Waals surface area contributed by atoms with E-state index in [4.69, 9.17) is 0 Å². The van der Waals surface area contributed by atoms with E-state index in [0.717, 1.165) is 36.1 Å². The van der Waals surface area contributed by atoms with Crippen LogP contribution in [0.25, 0.3) is 22.5 Å². The van der Waals surface area contributed by atoms with Crippen molar-refractivity contribution >= 4 is 5.82 Å². The number of nitrogens with zero attached hydrogens (tertiary/aromatic N) is 3. The summed E-state index contributed by atoms with van der Waals surface area (Å²) in [5, 5.41) is 26.3. The van der Waals surface area contributed by atoms with E-state index in [1.165, 1.54) is 10.7 Å². The number of hydrogen-bond acceptors (Lipinski definition) is 5. The van der Waals surface area contributed by atoms with Crippen molar-refractivity contribution in [1.82, 2.24) is 20.0 Å². The van der Waals surface area contributed by atoms with Gasteiger partial charge >= 0.3 is 0 Å². The van der Waals surface area contributed by atoms with Gasteiger partial charge in [-0.25, -0.2) is 4.68 Å². The Morgan fingerprint density at radius 1 is 1.14 bits per heavy atom. The minimum Gasteiger partial charge on any atom is -0.388 e. The van der Waals surface area contributed by atoms with Crippen LogP contribution in [-0.4, -0.2) is 37.2 Å². The first-order valence-electron chi connectivity index (χ1n) is 10.3. The SMILES string of the molecule is CCNc1n[nH]c(-c2ccccc2)c1-c1ccc(=O)n(CC2(O)CCCCC2)n1. The Morgan fingerprint density at radius 3 is 2.62 bits per heavy atom. The Morgan fingerprint density at radius 2 is 1.90 bits per heavy atom. The molecule has 3 aromatic rings. The quantitative estimate of drug-likeness (QED) is 0.596. The zero-order valence-corrected chi connectivity index (χ0v) is 16.7. The molecule has 2 aromatic heterocycles. The Balaban J connectivity index is 1.77. The molecule has 152 valence electrons. The molecule has 0 saturated heterocycles. The van der Waals surface area contributed by atoms with Crippen molar-refractivity contribution in [2.24, 2.45) is 0 Å². The Kier molecular flexibility index (Phi) is 5.49. The van der Waals surface area contributed by atoms with Gasteiger partial charge in [0.15, 0.2) is 5.82 Å². The molecule has 1 saturated carbocycles. The number of anilines is 1. The third-order valence-corrected chi connectivity index (χ3v) is 5.52. The predicted molar refractivity (Wildman–Crippen MR) is 114 cm³/mol. The third kappa shape index (κ3) is 4.10. The number of benzene rings is 1. The minimum absolute atomic E-state index is 0.206. The molecule has 0 bridgehead atoms. The topological polar surface area (TPSA) is 95.8 Å². The summed E-state index contributed by atoms with van der Waals surface area (Å²) in [6.07, 6.45) is 4.50. The number of nitrogens with one attached hydrogen (secondary N) is 2. The summed E-state index contributed by atoms with van der Waals surface area (Å²) in [4.78, 5) is 12.5. The lowest BCUT2D eigenvalue weighted by molar-refractivity contribution is -0.0153. The van der Waals surface area contributed by atoms with Crippen LogP contribution < -0.4 is 10.9 Å². The second-order valence-corrected chi connectivity index (χ2v) is 7.72. The molecule has 7 heteroatoms. The van der Waals surface area contributed by atoms with Crippen molar-refractivity contribution in [3.05, 3.63) is 52.8 Å². The summed E-state index contributed by atoms with van der Waals surface area (Å²) in [6.45, 7) is 2.94. The number of hydrogen-bond donors (Lipinski definition) is 3. The van der Waals surface area contributed by atoms with E-state index in [2.05, 4.69) is 20.6 Å². The van der Waals surface area contributed by atoms with Crippen LogP contribution in [0.2, 0.25) is 0 Å². The highest BCUT2D eigenvalue weighted by molar-refractivity contribution is 5.86. The maximum Gasteiger partial charge on any atom is 0.266 e. The van der Waals surface area contributed by atoms with Gasteiger partial charge < -0.3 is 10.4 Å². The molecule has 1 fully saturated rings. The van der Waals surface area contributed by atoms with E-state index in [9.17, 15) is 9.90 Å². The highest BCUT2D eigenvalue weighted by Gasteiger charge is 2.30. The number of H-pyrrole nitrogens is 1. The van der Waals surface area contributed by atoms with Gasteiger partial charge in [0.1, 0.15) is 0 Å². The summed E-state index contributed by atoms with van der Waals surface area (Å²) in [5.41, 5.74) is 2.23. The molecule has 1 aliphatic rings. The summed E-state index contributed by atoms with van der Waals surface area (Å²) in [6, 6.07) is 13.2. The molecule has 0 unspecified atom stereocenters. The monoisotopic (exact) mass is 393 g/mol. The van der Waals surface area contributed by atoms with Gasteiger partial charge in [-0.3, -0.25) is 9.89 Å². The van der Waals surface area contributed by atoms with E-state index in [0.29, 0.717) is 30.9 Å². The molecule has 29 heavy (non-hydrogen) atoms. The van der Waals surface area contributed by atoms with Gasteiger partial charge in [-0.2, -0.15) is 10.2 Å². The smallest absolute Gasteiger partial charge is 0.266 e. The van der Waals surface area contributed by atoms with Gasteiger partial charge in [0.25, 0.3) is 5.56 Å². The van der Waals surface area contributed by atoms with Crippen LogP contribution in [0.4, 0.5) is 5.82 Å². The second kappa shape index (κ2) is 8.21. The highest BCUT2D eigenvalue weighted by atomic mass is 16.3. The normalized spacial score (nSPS) is 15.9. The summed E-state index contributed by atoms with van der Waals surface area (Å²) < 4.78 is 1.40. The van der Waals surface area contributed by atoms with E-state index in [1.807, 2.05) is 37.3 Å². The van der Waals surface area contributed by atoms with Gasteiger partial charge in [-0.15, -0.1) is 0 Å². The molecular weight excluding hydrogens is 366 g/mol. The molecular formula is C22H27N5O2. The molecule has 0 aliphatic heterocycles. The van der Waals surface area contributed by atoms with Crippen molar-refractivity contribution < 1.29 is 5.11 Å². The molecule has 0 atom stereocenters. The fourth-order valence-electron chi connectivity index (χ4n) is 4.04. The maximum atomic E-state index is 12.5. The van der Waals surface area contributed by atoms with Crippen LogP contribution in [0.3, 0.4) is 0 Å². The molecule has 0 spiro atoms. The van der Waals surface area contributed by atoms with E-state index in [1.54, 1.807) is 6.07 Å². The lowest BCUT2D eigenvalue weighted by atomic mass is 9.85. The fraction of sp³-hybridized carbons (Fsp3) is 0.409. The molecule has 7 nitrogen and oxygen atoms in total. The lowest BCUT2D eigenvalue weighted by Crippen LogP contribution is -2.40. The highest BCUT2D eigenvalue weighted by Crippen LogP contribution is 2.35. The molecule has 1 aromatic carbocycles. The molecule has 1 aliphatic carbocycles. The fourth-order valence-corrected chi connectivity index (χ4v) is 4.04. The van der Waals surface area contributed by atoms with Crippen molar-refractivity contribution in [2.45, 2.75) is 51.2 Å². The molecule has 4 rings (SSSR count). The van der Waals surface area contributed by atoms with Crippen molar-refractivity contribution in [1.29, 1.82) is 0 Å². The van der Waals surface area contributed by atoms with Crippen LogP contribution in [0.1, 0.15) is 39.0 Å². The molecule has 0 amide bonds. The van der Waals surface area contributed by atoms with E-state index < -0.39 is 5.60 Å². The lowest BCUT2D eigenvalue weighted by Gasteiger charge is -2.32. The number of aromatic nitrogens is 4. The third-order valence-electron chi connectivity index (χ3n) is 5.52. The number of aromatic amines is 1. The maximum absolute atomic E-state index is 12.5. The van der Waals surface area contributed by atoms with Crippen molar-refractivity contribution in [3.8, 4) is 22.5 Å². The predicted octanol–water partition coefficient (Wildman–Crippen LogP) is 3.43. The van der Waals surface area contributed by atoms with Crippen LogP contribution in [0.15, 0.2) is 47.3 Å². The molecule has 2 heterocycles. The largest absolute Gasteiger partial charge is 0.388 e. The summed E-state index contributed by atoms with van der Waals surface area (Å²) in [7, 11) is 0. The Hall–Kier alpha value is -2.93. The number of rotatable bonds is 6. The standard InChI is InChI=1S/C22H27N5O2/c1-2-23-21-19(20(24-25-21)16-9-5-3-6-10-16)17-11-12-18(28)27(26-17)15-22(29)13-7-4-8-14-22/h3,5-6,9-12,29H,2,4,7-8,13-15H2,1H3,(H2,23,24,25). The van der Waals surface area contributed by atoms with E-state index >= 15 is 0 Å². The summed E-state index contributed by atoms with van der Waals surface area (Å²) >= 11 is 0. The van der Waals surface area contributed by atoms with Crippen molar-refractivity contribution in [3.63, 3.8) is 0 Å². The van der Waals surface area contributed by atoms with Gasteiger partial charge in [0.2, 0.25) is 0 Å². The van der Waals surface area contributed by atoms with Gasteiger partial charge in [0, 0.05) is 18.2 Å².